The molecule has 0 saturated heterocycles. The minimum atomic E-state index is -0.750. The molecule has 0 fully saturated rings. The van der Waals surface area contributed by atoms with Gasteiger partial charge in [0.05, 0.1) is 0 Å². The summed E-state index contributed by atoms with van der Waals surface area (Å²) in [6, 6.07) is 20.8. The van der Waals surface area contributed by atoms with Gasteiger partial charge in [-0.2, -0.15) is 0 Å². The van der Waals surface area contributed by atoms with E-state index in [0.717, 1.165) is 0 Å². The Hall–Kier alpha value is -1.64. The van der Waals surface area contributed by atoms with Gasteiger partial charge in [-0.25, -0.2) is 0 Å². The normalized spacial score (nSPS) is 8.93. The molecule has 2 nitrogen and oxygen atoms in total. The zero-order valence-electron chi connectivity index (χ0n) is 8.38. The number of aliphatic hydroxyl groups excluding tert-OH is 1. The average Bonchev–Trinajstić information content (AvgIpc) is 2.32. The smallest absolute Gasteiger partial charge is 0.140 e. The summed E-state index contributed by atoms with van der Waals surface area (Å²) in [5.41, 5.74) is 2.55. The van der Waals surface area contributed by atoms with Crippen molar-refractivity contribution in [2.75, 3.05) is 6.79 Å². The molecule has 0 aromatic heterocycles. The molecule has 0 unspecified atom stereocenters. The van der Waals surface area contributed by atoms with Crippen LogP contribution in [0.3, 0.4) is 0 Å². The van der Waals surface area contributed by atoms with Crippen molar-refractivity contribution in [1.29, 1.82) is 0 Å². The van der Waals surface area contributed by atoms with E-state index in [1.165, 1.54) is 11.1 Å². The van der Waals surface area contributed by atoms with E-state index in [1.807, 2.05) is 12.1 Å². The molecule has 0 amide bonds. The molecule has 0 aliphatic carbocycles. The van der Waals surface area contributed by atoms with E-state index in [4.69, 9.17) is 10.2 Å². The second-order valence-electron chi connectivity index (χ2n) is 2.87. The van der Waals surface area contributed by atoms with Crippen LogP contribution in [0.2, 0.25) is 0 Å². The third-order valence-electron chi connectivity index (χ3n) is 1.88. The molecule has 0 atom stereocenters. The third kappa shape index (κ3) is 3.94. The summed E-state index contributed by atoms with van der Waals surface area (Å²) < 4.78 is 0. The van der Waals surface area contributed by atoms with Gasteiger partial charge in [0.25, 0.3) is 0 Å². The Balaban J connectivity index is 0.000000337. The van der Waals surface area contributed by atoms with Crippen molar-refractivity contribution in [2.45, 2.75) is 0 Å². The van der Waals surface area contributed by atoms with Gasteiger partial charge in [-0.05, 0) is 11.1 Å². The average molecular weight is 202 g/mol. The minimum Gasteiger partial charge on any atom is -0.371 e. The van der Waals surface area contributed by atoms with Crippen LogP contribution in [-0.4, -0.2) is 17.0 Å². The quantitative estimate of drug-likeness (QED) is 0.696. The highest BCUT2D eigenvalue weighted by molar-refractivity contribution is 5.62. The highest BCUT2D eigenvalue weighted by Gasteiger charge is 1.91. The molecule has 2 rings (SSSR count). The lowest BCUT2D eigenvalue weighted by Gasteiger charge is -1.98. The first kappa shape index (κ1) is 11.4. The van der Waals surface area contributed by atoms with E-state index in [0.29, 0.717) is 0 Å². The lowest BCUT2D eigenvalue weighted by atomic mass is 10.1. The Morgan fingerprint density at radius 1 is 0.600 bits per heavy atom. The summed E-state index contributed by atoms with van der Waals surface area (Å²) in [6.07, 6.45) is 0. The molecular weight excluding hydrogens is 188 g/mol. The number of rotatable bonds is 1. The molecule has 2 aromatic rings. The van der Waals surface area contributed by atoms with Gasteiger partial charge in [-0.1, -0.05) is 60.7 Å². The predicted molar refractivity (Wildman–Crippen MR) is 61.2 cm³/mol. The third-order valence-corrected chi connectivity index (χ3v) is 1.88. The first-order chi connectivity index (χ1) is 7.38. The highest BCUT2D eigenvalue weighted by Crippen LogP contribution is 2.17. The fourth-order valence-corrected chi connectivity index (χ4v) is 1.26. The second-order valence-corrected chi connectivity index (χ2v) is 2.87. The SMILES string of the molecule is OCO.c1ccc(-c2ccccc2)cc1. The Labute approximate surface area is 89.4 Å². The van der Waals surface area contributed by atoms with Gasteiger partial charge < -0.3 is 10.2 Å². The number of hydrogen-bond acceptors (Lipinski definition) is 2. The van der Waals surface area contributed by atoms with Crippen LogP contribution in [0.15, 0.2) is 60.7 Å². The van der Waals surface area contributed by atoms with Crippen molar-refractivity contribution in [3.63, 3.8) is 0 Å². The second kappa shape index (κ2) is 6.76. The van der Waals surface area contributed by atoms with E-state index in [2.05, 4.69) is 48.5 Å². The molecule has 0 bridgehead atoms. The Morgan fingerprint density at radius 3 is 1.13 bits per heavy atom. The fraction of sp³-hybridized carbons (Fsp3) is 0.0769. The van der Waals surface area contributed by atoms with Gasteiger partial charge in [-0.3, -0.25) is 0 Å². The molecule has 0 aliphatic rings. The van der Waals surface area contributed by atoms with Crippen molar-refractivity contribution in [3.8, 4) is 11.1 Å². The van der Waals surface area contributed by atoms with Gasteiger partial charge in [-0.15, -0.1) is 0 Å². The molecule has 0 heterocycles. The molecule has 2 N–H and O–H groups in total. The lowest BCUT2D eigenvalue weighted by Crippen LogP contribution is -1.73. The molecule has 0 spiro atoms. The highest BCUT2D eigenvalue weighted by atomic mass is 16.5. The fourth-order valence-electron chi connectivity index (χ4n) is 1.26. The standard InChI is InChI=1S/C12H10.CH4O2/c1-3-7-11(8-4-1)12-9-5-2-6-10-12;2-1-3/h1-10H;2-3H,1H2. The van der Waals surface area contributed by atoms with Crippen molar-refractivity contribution in [1.82, 2.24) is 0 Å². The number of benzene rings is 2. The molecule has 2 heteroatoms. The zero-order chi connectivity index (χ0) is 10.9. The van der Waals surface area contributed by atoms with Crippen molar-refractivity contribution in [2.24, 2.45) is 0 Å². The van der Waals surface area contributed by atoms with Crippen LogP contribution in [-0.2, 0) is 0 Å². The lowest BCUT2D eigenvalue weighted by molar-refractivity contribution is 0.0773. The maximum atomic E-state index is 7.12. The maximum absolute atomic E-state index is 7.12. The first-order valence-corrected chi connectivity index (χ1v) is 4.70. The van der Waals surface area contributed by atoms with Crippen LogP contribution in [0.1, 0.15) is 0 Å². The van der Waals surface area contributed by atoms with Crippen molar-refractivity contribution < 1.29 is 10.2 Å². The van der Waals surface area contributed by atoms with Gasteiger partial charge in [0.15, 0.2) is 0 Å². The summed E-state index contributed by atoms with van der Waals surface area (Å²) in [4.78, 5) is 0. The number of aliphatic hydroxyl groups is 2. The zero-order valence-corrected chi connectivity index (χ0v) is 8.38. The Bertz CT molecular complexity index is 319. The molecule has 78 valence electrons. The van der Waals surface area contributed by atoms with Gasteiger partial charge in [0, 0.05) is 0 Å². The summed E-state index contributed by atoms with van der Waals surface area (Å²) in [6.45, 7) is -0.750. The number of hydrogen-bond donors (Lipinski definition) is 2. The predicted octanol–water partition coefficient (Wildman–Crippen LogP) is 2.28. The largest absolute Gasteiger partial charge is 0.371 e. The van der Waals surface area contributed by atoms with Crippen LogP contribution in [0.25, 0.3) is 11.1 Å². The van der Waals surface area contributed by atoms with Crippen LogP contribution in [0, 0.1) is 0 Å². The van der Waals surface area contributed by atoms with E-state index in [1.54, 1.807) is 0 Å². The topological polar surface area (TPSA) is 40.5 Å². The Morgan fingerprint density at radius 2 is 0.867 bits per heavy atom. The van der Waals surface area contributed by atoms with Crippen LogP contribution >= 0.6 is 0 Å². The summed E-state index contributed by atoms with van der Waals surface area (Å²) in [7, 11) is 0. The Kier molecular flexibility index (Phi) is 5.15. The summed E-state index contributed by atoms with van der Waals surface area (Å²) >= 11 is 0. The molecule has 2 aromatic carbocycles. The summed E-state index contributed by atoms with van der Waals surface area (Å²) in [5, 5.41) is 14.2. The minimum absolute atomic E-state index is 0.750. The first-order valence-electron chi connectivity index (χ1n) is 4.70. The van der Waals surface area contributed by atoms with Crippen LogP contribution in [0.5, 0.6) is 0 Å². The van der Waals surface area contributed by atoms with E-state index in [9.17, 15) is 0 Å². The molecule has 0 radical (unpaired) electrons. The molecular formula is C13H14O2. The maximum Gasteiger partial charge on any atom is 0.140 e. The summed E-state index contributed by atoms with van der Waals surface area (Å²) in [5.74, 6) is 0. The van der Waals surface area contributed by atoms with Crippen molar-refractivity contribution >= 4 is 0 Å². The molecule has 15 heavy (non-hydrogen) atoms. The van der Waals surface area contributed by atoms with Crippen LogP contribution in [0.4, 0.5) is 0 Å². The van der Waals surface area contributed by atoms with Gasteiger partial charge >= 0.3 is 0 Å². The van der Waals surface area contributed by atoms with E-state index < -0.39 is 6.79 Å². The monoisotopic (exact) mass is 202 g/mol. The van der Waals surface area contributed by atoms with E-state index in [-0.39, 0.29) is 0 Å². The van der Waals surface area contributed by atoms with Gasteiger partial charge in [0.2, 0.25) is 0 Å². The van der Waals surface area contributed by atoms with E-state index >= 15 is 0 Å². The van der Waals surface area contributed by atoms with Gasteiger partial charge in [0.1, 0.15) is 6.79 Å². The van der Waals surface area contributed by atoms with Crippen molar-refractivity contribution in [3.05, 3.63) is 60.7 Å². The molecule has 0 saturated carbocycles. The van der Waals surface area contributed by atoms with Crippen LogP contribution < -0.4 is 0 Å². The molecule has 0 aliphatic heterocycles.